The normalized spacial score (nSPS) is 22.8. The monoisotopic (exact) mass is 148 g/mol. The van der Waals surface area contributed by atoms with Crippen LogP contribution in [0.25, 0.3) is 0 Å². The van der Waals surface area contributed by atoms with Gasteiger partial charge < -0.3 is 5.32 Å². The maximum Gasteiger partial charge on any atom is 0.0576 e. The molecule has 1 aliphatic heterocycles. The zero-order valence-electron chi connectivity index (χ0n) is 6.67. The Kier molecular flexibility index (Phi) is 1.62. The fourth-order valence-corrected chi connectivity index (χ4v) is 1.56. The second-order valence-electron chi connectivity index (χ2n) is 3.07. The molecule has 1 aromatic rings. The predicted octanol–water partition coefficient (Wildman–Crippen LogP) is 1.29. The van der Waals surface area contributed by atoms with Gasteiger partial charge in [0.05, 0.1) is 5.69 Å². The van der Waals surface area contributed by atoms with Crippen molar-refractivity contribution < 1.29 is 0 Å². The van der Waals surface area contributed by atoms with Gasteiger partial charge in [0.15, 0.2) is 0 Å². The highest BCUT2D eigenvalue weighted by Gasteiger charge is 2.15. The van der Waals surface area contributed by atoms with Crippen molar-refractivity contribution in [3.8, 4) is 0 Å². The topological polar surface area (TPSA) is 24.9 Å². The van der Waals surface area contributed by atoms with Gasteiger partial charge in [0, 0.05) is 19.3 Å². The Morgan fingerprint density at radius 1 is 1.64 bits per heavy atom. The van der Waals surface area contributed by atoms with E-state index < -0.39 is 0 Å². The molecule has 0 aliphatic carbocycles. The van der Waals surface area contributed by atoms with Crippen LogP contribution in [0.3, 0.4) is 0 Å². The van der Waals surface area contributed by atoms with Gasteiger partial charge in [-0.05, 0) is 17.5 Å². The van der Waals surface area contributed by atoms with E-state index in [9.17, 15) is 0 Å². The van der Waals surface area contributed by atoms with Crippen LogP contribution in [0.4, 0.5) is 0 Å². The van der Waals surface area contributed by atoms with Crippen molar-refractivity contribution in [2.24, 2.45) is 0 Å². The molecule has 0 fully saturated rings. The molecule has 2 heterocycles. The van der Waals surface area contributed by atoms with Crippen molar-refractivity contribution in [2.75, 3.05) is 6.54 Å². The van der Waals surface area contributed by atoms with E-state index in [-0.39, 0.29) is 0 Å². The Labute approximate surface area is 66.7 Å². The zero-order valence-corrected chi connectivity index (χ0v) is 6.67. The minimum Gasteiger partial charge on any atom is -0.311 e. The first kappa shape index (κ1) is 6.80. The average Bonchev–Trinajstić information content (AvgIpc) is 2.06. The summed E-state index contributed by atoms with van der Waals surface area (Å²) in [5, 5.41) is 3.33. The van der Waals surface area contributed by atoms with Gasteiger partial charge in [-0.3, -0.25) is 4.98 Å². The SMILES string of the molecule is CC1CNCc2ncccc21. The van der Waals surface area contributed by atoms with Gasteiger partial charge in [0.1, 0.15) is 0 Å². The van der Waals surface area contributed by atoms with E-state index >= 15 is 0 Å². The molecular formula is C9H12N2. The van der Waals surface area contributed by atoms with Gasteiger partial charge >= 0.3 is 0 Å². The number of fused-ring (bicyclic) bond motifs is 1. The first-order valence-electron chi connectivity index (χ1n) is 4.02. The third-order valence-corrected chi connectivity index (χ3v) is 2.20. The summed E-state index contributed by atoms with van der Waals surface area (Å²) in [6.45, 7) is 4.24. The maximum absolute atomic E-state index is 4.31. The van der Waals surface area contributed by atoms with Gasteiger partial charge in [0.25, 0.3) is 0 Å². The van der Waals surface area contributed by atoms with Gasteiger partial charge in [-0.2, -0.15) is 0 Å². The number of aromatic nitrogens is 1. The van der Waals surface area contributed by atoms with E-state index in [1.54, 1.807) is 0 Å². The fourth-order valence-electron chi connectivity index (χ4n) is 1.56. The molecule has 0 radical (unpaired) electrons. The number of hydrogen-bond donors (Lipinski definition) is 1. The molecule has 2 rings (SSSR count). The third kappa shape index (κ3) is 1.14. The Bertz CT molecular complexity index is 257. The van der Waals surface area contributed by atoms with Crippen LogP contribution in [0.2, 0.25) is 0 Å². The second kappa shape index (κ2) is 2.62. The number of rotatable bonds is 0. The second-order valence-corrected chi connectivity index (χ2v) is 3.07. The molecule has 0 saturated heterocycles. The zero-order chi connectivity index (χ0) is 7.68. The van der Waals surface area contributed by atoms with Crippen molar-refractivity contribution in [3.05, 3.63) is 29.6 Å². The molecule has 0 spiro atoms. The first-order valence-corrected chi connectivity index (χ1v) is 4.02. The molecule has 1 aliphatic rings. The number of nitrogens with zero attached hydrogens (tertiary/aromatic N) is 1. The van der Waals surface area contributed by atoms with Gasteiger partial charge in [-0.1, -0.05) is 13.0 Å². The fraction of sp³-hybridized carbons (Fsp3) is 0.444. The molecule has 1 N–H and O–H groups in total. The Hall–Kier alpha value is -0.890. The van der Waals surface area contributed by atoms with E-state index in [0.717, 1.165) is 13.1 Å². The van der Waals surface area contributed by atoms with Crippen LogP contribution in [0.1, 0.15) is 24.1 Å². The number of hydrogen-bond acceptors (Lipinski definition) is 2. The van der Waals surface area contributed by atoms with E-state index in [2.05, 4.69) is 23.3 Å². The summed E-state index contributed by atoms with van der Waals surface area (Å²) in [4.78, 5) is 4.31. The summed E-state index contributed by atoms with van der Waals surface area (Å²) < 4.78 is 0. The molecule has 58 valence electrons. The minimum atomic E-state index is 0.618. The Morgan fingerprint density at radius 3 is 3.36 bits per heavy atom. The van der Waals surface area contributed by atoms with Crippen LogP contribution >= 0.6 is 0 Å². The van der Waals surface area contributed by atoms with Gasteiger partial charge in [-0.25, -0.2) is 0 Å². The lowest BCUT2D eigenvalue weighted by Gasteiger charge is -2.21. The van der Waals surface area contributed by atoms with Crippen LogP contribution in [0, 0.1) is 0 Å². The molecular weight excluding hydrogens is 136 g/mol. The predicted molar refractivity (Wildman–Crippen MR) is 44.4 cm³/mol. The van der Waals surface area contributed by atoms with E-state index in [1.165, 1.54) is 11.3 Å². The highest BCUT2D eigenvalue weighted by Crippen LogP contribution is 2.20. The highest BCUT2D eigenvalue weighted by atomic mass is 14.9. The largest absolute Gasteiger partial charge is 0.311 e. The van der Waals surface area contributed by atoms with Crippen molar-refractivity contribution >= 4 is 0 Å². The van der Waals surface area contributed by atoms with Crippen molar-refractivity contribution in [1.82, 2.24) is 10.3 Å². The lowest BCUT2D eigenvalue weighted by Crippen LogP contribution is -2.27. The molecule has 0 bridgehead atoms. The Morgan fingerprint density at radius 2 is 2.55 bits per heavy atom. The van der Waals surface area contributed by atoms with Crippen LogP contribution in [-0.2, 0) is 6.54 Å². The molecule has 1 aromatic heterocycles. The first-order chi connectivity index (χ1) is 5.38. The van der Waals surface area contributed by atoms with E-state index in [4.69, 9.17) is 0 Å². The quantitative estimate of drug-likeness (QED) is 0.599. The van der Waals surface area contributed by atoms with Gasteiger partial charge in [0.2, 0.25) is 0 Å². The lowest BCUT2D eigenvalue weighted by molar-refractivity contribution is 0.559. The Balaban J connectivity index is 2.44. The van der Waals surface area contributed by atoms with E-state index in [0.29, 0.717) is 5.92 Å². The summed E-state index contributed by atoms with van der Waals surface area (Å²) in [7, 11) is 0. The molecule has 11 heavy (non-hydrogen) atoms. The van der Waals surface area contributed by atoms with Crippen molar-refractivity contribution in [2.45, 2.75) is 19.4 Å². The molecule has 2 nitrogen and oxygen atoms in total. The molecule has 1 atom stereocenters. The number of pyridine rings is 1. The van der Waals surface area contributed by atoms with Crippen molar-refractivity contribution in [1.29, 1.82) is 0 Å². The smallest absolute Gasteiger partial charge is 0.0576 e. The van der Waals surface area contributed by atoms with E-state index in [1.807, 2.05) is 12.3 Å². The molecule has 0 saturated carbocycles. The van der Waals surface area contributed by atoms with Crippen molar-refractivity contribution in [3.63, 3.8) is 0 Å². The maximum atomic E-state index is 4.31. The van der Waals surface area contributed by atoms with Gasteiger partial charge in [-0.15, -0.1) is 0 Å². The van der Waals surface area contributed by atoms with Crippen LogP contribution in [0.15, 0.2) is 18.3 Å². The third-order valence-electron chi connectivity index (χ3n) is 2.20. The summed E-state index contributed by atoms with van der Waals surface area (Å²) in [6.07, 6.45) is 1.86. The average molecular weight is 148 g/mol. The lowest BCUT2D eigenvalue weighted by atomic mass is 9.96. The van der Waals surface area contributed by atoms with Crippen LogP contribution < -0.4 is 5.32 Å². The van der Waals surface area contributed by atoms with Crippen LogP contribution in [-0.4, -0.2) is 11.5 Å². The number of nitrogens with one attached hydrogen (secondary N) is 1. The summed E-state index contributed by atoms with van der Waals surface area (Å²) in [6, 6.07) is 4.19. The standard InChI is InChI=1S/C9H12N2/c1-7-5-10-6-9-8(7)3-2-4-11-9/h2-4,7,10H,5-6H2,1H3. The molecule has 0 aromatic carbocycles. The van der Waals surface area contributed by atoms with Crippen LogP contribution in [0.5, 0.6) is 0 Å². The molecule has 1 unspecified atom stereocenters. The molecule has 0 amide bonds. The summed E-state index contributed by atoms with van der Waals surface area (Å²) in [5.41, 5.74) is 2.62. The highest BCUT2D eigenvalue weighted by molar-refractivity contribution is 5.25. The summed E-state index contributed by atoms with van der Waals surface area (Å²) in [5.74, 6) is 0.618. The molecule has 2 heteroatoms. The minimum absolute atomic E-state index is 0.618. The summed E-state index contributed by atoms with van der Waals surface area (Å²) >= 11 is 0.